The zero-order valence-corrected chi connectivity index (χ0v) is 13.4. The number of carbonyl (C=O) groups is 1. The molecule has 1 rings (SSSR count). The fourth-order valence-electron chi connectivity index (χ4n) is 1.99. The first-order valence-electron chi connectivity index (χ1n) is 7.73. The van der Waals surface area contributed by atoms with E-state index in [4.69, 9.17) is 9.47 Å². The SMILES string of the molecule is CCCCCCOC(=O)C(=Cc1ccc(OC)cc1)CC. The van der Waals surface area contributed by atoms with Crippen LogP contribution in [-0.4, -0.2) is 19.7 Å². The third-order valence-corrected chi connectivity index (χ3v) is 3.33. The van der Waals surface area contributed by atoms with Gasteiger partial charge in [0, 0.05) is 5.57 Å². The first-order chi connectivity index (χ1) is 10.2. The van der Waals surface area contributed by atoms with E-state index in [0.29, 0.717) is 18.6 Å². The van der Waals surface area contributed by atoms with E-state index in [1.54, 1.807) is 7.11 Å². The van der Waals surface area contributed by atoms with E-state index in [1.165, 1.54) is 12.8 Å². The van der Waals surface area contributed by atoms with Crippen LogP contribution in [0.25, 0.3) is 6.08 Å². The van der Waals surface area contributed by atoms with Crippen molar-refractivity contribution >= 4 is 12.0 Å². The number of carbonyl (C=O) groups excluding carboxylic acids is 1. The van der Waals surface area contributed by atoms with Gasteiger partial charge in [0.1, 0.15) is 5.75 Å². The predicted octanol–water partition coefficient (Wildman–Crippen LogP) is 4.61. The molecule has 0 spiro atoms. The lowest BCUT2D eigenvalue weighted by molar-refractivity contribution is -0.139. The fraction of sp³-hybridized carbons (Fsp3) is 0.500. The minimum atomic E-state index is -0.204. The molecule has 0 fully saturated rings. The summed E-state index contributed by atoms with van der Waals surface area (Å²) < 4.78 is 10.4. The largest absolute Gasteiger partial charge is 0.497 e. The lowest BCUT2D eigenvalue weighted by Gasteiger charge is -2.07. The summed E-state index contributed by atoms with van der Waals surface area (Å²) in [5.41, 5.74) is 1.69. The van der Waals surface area contributed by atoms with Gasteiger partial charge in [-0.05, 0) is 36.6 Å². The molecule has 3 heteroatoms. The van der Waals surface area contributed by atoms with Crippen LogP contribution in [0.5, 0.6) is 5.75 Å². The van der Waals surface area contributed by atoms with Gasteiger partial charge >= 0.3 is 5.97 Å². The second kappa shape index (κ2) is 10.0. The van der Waals surface area contributed by atoms with Crippen molar-refractivity contribution in [1.82, 2.24) is 0 Å². The molecular weight excluding hydrogens is 264 g/mol. The second-order valence-electron chi connectivity index (χ2n) is 4.99. The van der Waals surface area contributed by atoms with E-state index >= 15 is 0 Å². The van der Waals surface area contributed by atoms with Crippen LogP contribution >= 0.6 is 0 Å². The van der Waals surface area contributed by atoms with Gasteiger partial charge in [0.25, 0.3) is 0 Å². The molecule has 0 aromatic heterocycles. The van der Waals surface area contributed by atoms with Crippen LogP contribution in [0.1, 0.15) is 51.5 Å². The van der Waals surface area contributed by atoms with E-state index < -0.39 is 0 Å². The number of benzene rings is 1. The fourth-order valence-corrected chi connectivity index (χ4v) is 1.99. The van der Waals surface area contributed by atoms with Crippen molar-refractivity contribution in [1.29, 1.82) is 0 Å². The Morgan fingerprint density at radius 3 is 2.38 bits per heavy atom. The van der Waals surface area contributed by atoms with Crippen LogP contribution in [0, 0.1) is 0 Å². The van der Waals surface area contributed by atoms with Crippen molar-refractivity contribution in [2.75, 3.05) is 13.7 Å². The quantitative estimate of drug-likeness (QED) is 0.378. The number of ether oxygens (including phenoxy) is 2. The average molecular weight is 290 g/mol. The molecule has 0 aliphatic rings. The highest BCUT2D eigenvalue weighted by Gasteiger charge is 2.09. The molecule has 3 nitrogen and oxygen atoms in total. The van der Waals surface area contributed by atoms with E-state index in [9.17, 15) is 4.79 Å². The number of rotatable bonds is 9. The van der Waals surface area contributed by atoms with E-state index in [-0.39, 0.29) is 5.97 Å². The number of esters is 1. The van der Waals surface area contributed by atoms with E-state index in [1.807, 2.05) is 37.3 Å². The molecule has 0 saturated carbocycles. The highest BCUT2D eigenvalue weighted by Crippen LogP contribution is 2.16. The maximum atomic E-state index is 12.0. The minimum absolute atomic E-state index is 0.204. The van der Waals surface area contributed by atoms with Gasteiger partial charge in [0.2, 0.25) is 0 Å². The lowest BCUT2D eigenvalue weighted by Crippen LogP contribution is -2.08. The molecule has 0 heterocycles. The molecule has 0 unspecified atom stereocenters. The minimum Gasteiger partial charge on any atom is -0.497 e. The molecule has 0 saturated heterocycles. The maximum absolute atomic E-state index is 12.0. The van der Waals surface area contributed by atoms with Crippen LogP contribution in [0.4, 0.5) is 0 Å². The summed E-state index contributed by atoms with van der Waals surface area (Å²) in [6, 6.07) is 7.64. The molecule has 0 radical (unpaired) electrons. The lowest BCUT2D eigenvalue weighted by atomic mass is 10.1. The molecule has 1 aromatic rings. The first-order valence-corrected chi connectivity index (χ1v) is 7.73. The predicted molar refractivity (Wildman–Crippen MR) is 86.4 cm³/mol. The average Bonchev–Trinajstić information content (AvgIpc) is 2.52. The Morgan fingerprint density at radius 2 is 1.81 bits per heavy atom. The van der Waals surface area contributed by atoms with Crippen molar-refractivity contribution in [2.45, 2.75) is 46.0 Å². The van der Waals surface area contributed by atoms with E-state index in [2.05, 4.69) is 6.92 Å². The summed E-state index contributed by atoms with van der Waals surface area (Å²) in [6.45, 7) is 4.64. The van der Waals surface area contributed by atoms with Crippen LogP contribution < -0.4 is 4.74 Å². The summed E-state index contributed by atoms with van der Waals surface area (Å²) in [5.74, 6) is 0.605. The second-order valence-corrected chi connectivity index (χ2v) is 4.99. The number of unbranched alkanes of at least 4 members (excludes halogenated alkanes) is 3. The summed E-state index contributed by atoms with van der Waals surface area (Å²) in [7, 11) is 1.64. The van der Waals surface area contributed by atoms with Crippen molar-refractivity contribution < 1.29 is 14.3 Å². The summed E-state index contributed by atoms with van der Waals surface area (Å²) in [5, 5.41) is 0. The molecule has 21 heavy (non-hydrogen) atoms. The van der Waals surface area contributed by atoms with Gasteiger partial charge < -0.3 is 9.47 Å². The van der Waals surface area contributed by atoms with Crippen LogP contribution in [0.15, 0.2) is 29.8 Å². The van der Waals surface area contributed by atoms with Gasteiger partial charge in [0.15, 0.2) is 0 Å². The number of methoxy groups -OCH3 is 1. The molecule has 116 valence electrons. The molecule has 0 N–H and O–H groups in total. The molecule has 0 bridgehead atoms. The monoisotopic (exact) mass is 290 g/mol. The van der Waals surface area contributed by atoms with Gasteiger partial charge in [-0.25, -0.2) is 4.79 Å². The van der Waals surface area contributed by atoms with Gasteiger partial charge in [-0.15, -0.1) is 0 Å². The normalized spacial score (nSPS) is 11.3. The molecule has 1 aromatic carbocycles. The number of hydrogen-bond donors (Lipinski definition) is 0. The topological polar surface area (TPSA) is 35.5 Å². The Morgan fingerprint density at radius 1 is 1.10 bits per heavy atom. The summed E-state index contributed by atoms with van der Waals surface area (Å²) in [6.07, 6.45) is 6.99. The maximum Gasteiger partial charge on any atom is 0.334 e. The Hall–Kier alpha value is -1.77. The molecule has 0 amide bonds. The smallest absolute Gasteiger partial charge is 0.334 e. The summed E-state index contributed by atoms with van der Waals surface area (Å²) in [4.78, 5) is 12.0. The zero-order valence-electron chi connectivity index (χ0n) is 13.4. The zero-order chi connectivity index (χ0) is 15.5. The third-order valence-electron chi connectivity index (χ3n) is 3.33. The van der Waals surface area contributed by atoms with Gasteiger partial charge in [-0.1, -0.05) is 45.2 Å². The standard InChI is InChI=1S/C18H26O3/c1-4-6-7-8-13-21-18(19)16(5-2)14-15-9-11-17(20-3)12-10-15/h9-12,14H,4-8,13H2,1-3H3. The molecule has 0 aliphatic heterocycles. The van der Waals surface area contributed by atoms with Gasteiger partial charge in [-0.3, -0.25) is 0 Å². The molecule has 0 atom stereocenters. The Balaban J connectivity index is 2.54. The van der Waals surface area contributed by atoms with Crippen LogP contribution in [0.2, 0.25) is 0 Å². The third kappa shape index (κ3) is 6.48. The highest BCUT2D eigenvalue weighted by molar-refractivity contribution is 5.93. The van der Waals surface area contributed by atoms with Crippen molar-refractivity contribution in [2.24, 2.45) is 0 Å². The molecule has 0 aliphatic carbocycles. The Bertz CT molecular complexity index is 446. The van der Waals surface area contributed by atoms with Gasteiger partial charge in [0.05, 0.1) is 13.7 Å². The van der Waals surface area contributed by atoms with Crippen molar-refractivity contribution in [3.05, 3.63) is 35.4 Å². The van der Waals surface area contributed by atoms with Crippen LogP contribution in [0.3, 0.4) is 0 Å². The highest BCUT2D eigenvalue weighted by atomic mass is 16.5. The Labute approximate surface area is 128 Å². The summed E-state index contributed by atoms with van der Waals surface area (Å²) >= 11 is 0. The van der Waals surface area contributed by atoms with Crippen LogP contribution in [-0.2, 0) is 9.53 Å². The van der Waals surface area contributed by atoms with Crippen molar-refractivity contribution in [3.63, 3.8) is 0 Å². The Kier molecular flexibility index (Phi) is 8.25. The first kappa shape index (κ1) is 17.3. The van der Waals surface area contributed by atoms with E-state index in [0.717, 1.165) is 24.2 Å². The van der Waals surface area contributed by atoms with Crippen molar-refractivity contribution in [3.8, 4) is 5.75 Å². The van der Waals surface area contributed by atoms with Gasteiger partial charge in [-0.2, -0.15) is 0 Å². The molecular formula is C18H26O3. The number of hydrogen-bond acceptors (Lipinski definition) is 3.